The Hall–Kier alpha value is -2.92. The number of fused-ring (bicyclic) bond motifs is 2. The van der Waals surface area contributed by atoms with Crippen LogP contribution in [0.4, 0.5) is 10.5 Å². The highest BCUT2D eigenvalue weighted by Crippen LogP contribution is 2.35. The Morgan fingerprint density at radius 3 is 2.87 bits per heavy atom. The molecule has 23 heavy (non-hydrogen) atoms. The van der Waals surface area contributed by atoms with Crippen LogP contribution in [0.5, 0.6) is 0 Å². The molecule has 2 aliphatic rings. The van der Waals surface area contributed by atoms with Crippen LogP contribution in [-0.4, -0.2) is 50.2 Å². The van der Waals surface area contributed by atoms with Crippen molar-refractivity contribution in [3.05, 3.63) is 24.0 Å². The predicted octanol–water partition coefficient (Wildman–Crippen LogP) is 0.347. The molecule has 0 aliphatic carbocycles. The minimum absolute atomic E-state index is 0.344. The van der Waals surface area contributed by atoms with Gasteiger partial charge in [-0.2, -0.15) is 5.26 Å². The van der Waals surface area contributed by atoms with Crippen LogP contribution >= 0.6 is 0 Å². The van der Waals surface area contributed by atoms with Crippen molar-refractivity contribution in [1.29, 1.82) is 5.26 Å². The van der Waals surface area contributed by atoms with Gasteiger partial charge in [0.25, 0.3) is 5.91 Å². The summed E-state index contributed by atoms with van der Waals surface area (Å²) in [7, 11) is 1.75. The van der Waals surface area contributed by atoms with Crippen molar-refractivity contribution < 1.29 is 14.7 Å². The summed E-state index contributed by atoms with van der Waals surface area (Å²) in [4.78, 5) is 31.9. The lowest BCUT2D eigenvalue weighted by atomic mass is 10.1. The largest absolute Gasteiger partial charge is 0.390 e. The third-order valence-corrected chi connectivity index (χ3v) is 4.48. The molecule has 2 atom stereocenters. The second-order valence-electron chi connectivity index (χ2n) is 5.75. The van der Waals surface area contributed by atoms with Gasteiger partial charge in [-0.05, 0) is 18.6 Å². The highest BCUT2D eigenvalue weighted by molar-refractivity contribution is 6.24. The van der Waals surface area contributed by atoms with Gasteiger partial charge < -0.3 is 14.6 Å². The zero-order chi connectivity index (χ0) is 16.3. The fourth-order valence-corrected chi connectivity index (χ4v) is 3.39. The van der Waals surface area contributed by atoms with E-state index in [4.69, 9.17) is 0 Å². The molecule has 2 aliphatic heterocycles. The number of carbonyl (C=O) groups excluding carboxylic acids is 2. The van der Waals surface area contributed by atoms with E-state index in [0.29, 0.717) is 35.2 Å². The highest BCUT2D eigenvalue weighted by Gasteiger charge is 2.52. The maximum Gasteiger partial charge on any atom is 0.332 e. The predicted molar refractivity (Wildman–Crippen MR) is 79.4 cm³/mol. The van der Waals surface area contributed by atoms with Crippen molar-refractivity contribution in [2.24, 2.45) is 7.05 Å². The summed E-state index contributed by atoms with van der Waals surface area (Å²) in [6, 6.07) is 3.93. The van der Waals surface area contributed by atoms with E-state index in [0.717, 1.165) is 4.90 Å². The molecule has 1 aromatic carbocycles. The van der Waals surface area contributed by atoms with Crippen molar-refractivity contribution in [2.75, 3.05) is 11.4 Å². The zero-order valence-electron chi connectivity index (χ0n) is 12.3. The number of hydrogen-bond acceptors (Lipinski definition) is 5. The quantitative estimate of drug-likeness (QED) is 0.765. The zero-order valence-corrected chi connectivity index (χ0v) is 12.3. The van der Waals surface area contributed by atoms with Crippen LogP contribution in [-0.2, 0) is 11.8 Å². The SMILES string of the molecule is Cn1cnc2c(N3C(=O)[C@@H]4[C@H](O)CCN4C3=O)ccc(C#N)c21. The van der Waals surface area contributed by atoms with Crippen LogP contribution in [0.2, 0.25) is 0 Å². The Labute approximate surface area is 131 Å². The molecule has 0 saturated carbocycles. The third-order valence-electron chi connectivity index (χ3n) is 4.48. The first kappa shape index (κ1) is 13.7. The van der Waals surface area contributed by atoms with Crippen LogP contribution < -0.4 is 4.90 Å². The normalized spacial score (nSPS) is 23.7. The number of aryl methyl sites for hydroxylation is 1. The summed E-state index contributed by atoms with van der Waals surface area (Å²) < 4.78 is 1.68. The molecule has 2 aromatic rings. The number of urea groups is 1. The molecule has 4 rings (SSSR count). The number of amides is 3. The molecule has 116 valence electrons. The van der Waals surface area contributed by atoms with Gasteiger partial charge in [-0.1, -0.05) is 0 Å². The van der Waals surface area contributed by atoms with Gasteiger partial charge in [0.15, 0.2) is 0 Å². The van der Waals surface area contributed by atoms with Crippen LogP contribution in [0.1, 0.15) is 12.0 Å². The van der Waals surface area contributed by atoms with Gasteiger partial charge in [0.2, 0.25) is 0 Å². The lowest BCUT2D eigenvalue weighted by Gasteiger charge is -2.16. The van der Waals surface area contributed by atoms with Gasteiger partial charge in [-0.15, -0.1) is 0 Å². The van der Waals surface area contributed by atoms with Crippen molar-refractivity contribution >= 4 is 28.7 Å². The number of nitriles is 1. The number of aliphatic hydroxyl groups excluding tert-OH is 1. The Bertz CT molecular complexity index is 896. The lowest BCUT2D eigenvalue weighted by molar-refractivity contribution is -0.121. The molecule has 0 bridgehead atoms. The van der Waals surface area contributed by atoms with Gasteiger partial charge >= 0.3 is 6.03 Å². The maximum atomic E-state index is 12.6. The van der Waals surface area contributed by atoms with E-state index in [-0.39, 0.29) is 0 Å². The number of imide groups is 1. The number of nitrogens with zero attached hydrogens (tertiary/aromatic N) is 5. The summed E-state index contributed by atoms with van der Waals surface area (Å²) in [6.45, 7) is 0.356. The molecule has 2 fully saturated rings. The average Bonchev–Trinajstić information content (AvgIpc) is 3.17. The summed E-state index contributed by atoms with van der Waals surface area (Å²) in [5, 5.41) is 19.2. The number of aromatic nitrogens is 2. The molecule has 2 saturated heterocycles. The molecule has 3 amide bonds. The monoisotopic (exact) mass is 311 g/mol. The summed E-state index contributed by atoms with van der Waals surface area (Å²) >= 11 is 0. The number of carbonyl (C=O) groups is 2. The van der Waals surface area contributed by atoms with Crippen LogP contribution in [0.15, 0.2) is 18.5 Å². The number of rotatable bonds is 1. The molecular formula is C15H13N5O3. The van der Waals surface area contributed by atoms with Crippen LogP contribution in [0.3, 0.4) is 0 Å². The summed E-state index contributed by atoms with van der Waals surface area (Å²) in [5.41, 5.74) is 1.75. The first-order valence-corrected chi connectivity index (χ1v) is 7.21. The maximum absolute atomic E-state index is 12.6. The van der Waals surface area contributed by atoms with E-state index in [1.165, 1.54) is 11.2 Å². The van der Waals surface area contributed by atoms with Gasteiger partial charge in [0, 0.05) is 13.6 Å². The van der Waals surface area contributed by atoms with Gasteiger partial charge in [-0.3, -0.25) is 4.79 Å². The minimum Gasteiger partial charge on any atom is -0.390 e. The summed E-state index contributed by atoms with van der Waals surface area (Å²) in [5.74, 6) is -0.448. The van der Waals surface area contributed by atoms with E-state index in [9.17, 15) is 20.0 Å². The number of aliphatic hydroxyl groups is 1. The van der Waals surface area contributed by atoms with Crippen LogP contribution in [0, 0.1) is 11.3 Å². The molecule has 0 unspecified atom stereocenters. The van der Waals surface area contributed by atoms with Gasteiger partial charge in [-0.25, -0.2) is 14.7 Å². The second-order valence-corrected chi connectivity index (χ2v) is 5.75. The van der Waals surface area contributed by atoms with Gasteiger partial charge in [0.05, 0.1) is 29.2 Å². The fraction of sp³-hybridized carbons (Fsp3) is 0.333. The first-order chi connectivity index (χ1) is 11.0. The number of imidazole rings is 1. The summed E-state index contributed by atoms with van der Waals surface area (Å²) in [6.07, 6.45) is 1.10. The van der Waals surface area contributed by atoms with Crippen molar-refractivity contribution in [1.82, 2.24) is 14.5 Å². The Kier molecular flexibility index (Phi) is 2.71. The first-order valence-electron chi connectivity index (χ1n) is 7.21. The third kappa shape index (κ3) is 1.65. The number of hydrogen-bond donors (Lipinski definition) is 1. The van der Waals surface area contributed by atoms with E-state index >= 15 is 0 Å². The molecule has 8 heteroatoms. The highest BCUT2D eigenvalue weighted by atomic mass is 16.3. The molecule has 0 radical (unpaired) electrons. The fourth-order valence-electron chi connectivity index (χ4n) is 3.39. The molecule has 8 nitrogen and oxygen atoms in total. The van der Waals surface area contributed by atoms with E-state index in [1.54, 1.807) is 23.7 Å². The molecular weight excluding hydrogens is 298 g/mol. The minimum atomic E-state index is -0.839. The van der Waals surface area contributed by atoms with Crippen molar-refractivity contribution in [3.63, 3.8) is 0 Å². The van der Waals surface area contributed by atoms with E-state index < -0.39 is 24.1 Å². The Balaban J connectivity index is 1.90. The Morgan fingerprint density at radius 2 is 2.17 bits per heavy atom. The van der Waals surface area contributed by atoms with E-state index in [1.807, 2.05) is 0 Å². The average molecular weight is 311 g/mol. The smallest absolute Gasteiger partial charge is 0.332 e. The number of anilines is 1. The van der Waals surface area contributed by atoms with Gasteiger partial charge in [0.1, 0.15) is 17.6 Å². The molecule has 3 heterocycles. The van der Waals surface area contributed by atoms with Crippen LogP contribution in [0.25, 0.3) is 11.0 Å². The molecule has 1 aromatic heterocycles. The molecule has 1 N–H and O–H groups in total. The topological polar surface area (TPSA) is 102 Å². The Morgan fingerprint density at radius 1 is 1.39 bits per heavy atom. The lowest BCUT2D eigenvalue weighted by Crippen LogP contribution is -2.36. The van der Waals surface area contributed by atoms with Crippen molar-refractivity contribution in [3.8, 4) is 6.07 Å². The molecule has 0 spiro atoms. The van der Waals surface area contributed by atoms with E-state index in [2.05, 4.69) is 11.1 Å². The second kappa shape index (κ2) is 4.54. The van der Waals surface area contributed by atoms with Crippen molar-refractivity contribution in [2.45, 2.75) is 18.6 Å². The standard InChI is InChI=1S/C15H13N5O3/c1-18-7-17-11-9(3-2-8(6-16)12(11)18)20-14(22)13-10(21)4-5-19(13)15(20)23/h2-3,7,10,13,21H,4-5H2,1H3/t10-,13+/m1/s1. The number of benzene rings is 1.